The lowest BCUT2D eigenvalue weighted by Gasteiger charge is -2.11. The van der Waals surface area contributed by atoms with Gasteiger partial charge in [0.15, 0.2) is 5.82 Å². The highest BCUT2D eigenvalue weighted by molar-refractivity contribution is 6.30. The van der Waals surface area contributed by atoms with Crippen molar-refractivity contribution in [2.75, 3.05) is 0 Å². The second kappa shape index (κ2) is 4.59. The number of H-pyrrole nitrogens is 1. The van der Waals surface area contributed by atoms with Crippen molar-refractivity contribution < 1.29 is 0 Å². The number of hydrogen-bond acceptors (Lipinski definition) is 4. The van der Waals surface area contributed by atoms with E-state index < -0.39 is 0 Å². The summed E-state index contributed by atoms with van der Waals surface area (Å²) in [6.45, 7) is 4.25. The lowest BCUT2D eigenvalue weighted by Crippen LogP contribution is -1.96. The Kier molecular flexibility index (Phi) is 2.91. The minimum Gasteiger partial charge on any atom is -0.258 e. The molecule has 0 aliphatic heterocycles. The molecule has 3 aromatic heterocycles. The third-order valence-corrected chi connectivity index (χ3v) is 3.24. The number of fused-ring (bicyclic) bond motifs is 1. The first kappa shape index (κ1) is 12.0. The zero-order valence-corrected chi connectivity index (χ0v) is 11.3. The molecule has 3 heterocycles. The molecule has 19 heavy (non-hydrogen) atoms. The summed E-state index contributed by atoms with van der Waals surface area (Å²) in [6.07, 6.45) is 5.05. The Labute approximate surface area is 115 Å². The van der Waals surface area contributed by atoms with Gasteiger partial charge >= 0.3 is 0 Å². The normalized spacial score (nSPS) is 11.4. The molecule has 0 saturated carbocycles. The molecule has 0 fully saturated rings. The summed E-state index contributed by atoms with van der Waals surface area (Å²) in [5, 5.41) is 9.13. The van der Waals surface area contributed by atoms with Crippen LogP contribution in [0.1, 0.15) is 25.3 Å². The topological polar surface area (TPSA) is 67.3 Å². The maximum Gasteiger partial charge on any atom is 0.174 e. The Morgan fingerprint density at radius 1 is 1.11 bits per heavy atom. The van der Waals surface area contributed by atoms with Gasteiger partial charge in [0.1, 0.15) is 17.2 Å². The minimum absolute atomic E-state index is 0.359. The van der Waals surface area contributed by atoms with E-state index in [2.05, 4.69) is 39.0 Å². The summed E-state index contributed by atoms with van der Waals surface area (Å²) in [5.74, 6) is 0.988. The third kappa shape index (κ3) is 2.06. The fourth-order valence-electron chi connectivity index (χ4n) is 2.10. The van der Waals surface area contributed by atoms with Gasteiger partial charge in [-0.1, -0.05) is 25.4 Å². The van der Waals surface area contributed by atoms with Gasteiger partial charge in [0, 0.05) is 17.8 Å². The molecule has 0 aliphatic carbocycles. The molecule has 0 saturated heterocycles. The summed E-state index contributed by atoms with van der Waals surface area (Å²) in [5.41, 5.74) is 1.88. The van der Waals surface area contributed by atoms with Gasteiger partial charge in [-0.3, -0.25) is 10.1 Å². The van der Waals surface area contributed by atoms with E-state index >= 15 is 0 Å². The van der Waals surface area contributed by atoms with Crippen molar-refractivity contribution in [3.8, 4) is 11.5 Å². The highest BCUT2D eigenvalue weighted by Gasteiger charge is 2.14. The van der Waals surface area contributed by atoms with Crippen LogP contribution in [0.5, 0.6) is 0 Å². The van der Waals surface area contributed by atoms with Gasteiger partial charge in [-0.05, 0) is 22.9 Å². The molecule has 1 N–H and O–H groups in total. The molecule has 0 atom stereocenters. The Bertz CT molecular complexity index is 721. The summed E-state index contributed by atoms with van der Waals surface area (Å²) in [7, 11) is 0. The number of pyridine rings is 2. The minimum atomic E-state index is 0.359. The van der Waals surface area contributed by atoms with Crippen molar-refractivity contribution in [1.82, 2.24) is 25.1 Å². The molecular formula is C13H12ClN5. The van der Waals surface area contributed by atoms with Crippen molar-refractivity contribution in [2.24, 2.45) is 0 Å². The SMILES string of the molecule is CC(C)c1cnc(-c2ncn[nH]2)c2cnc(Cl)cc12. The molecule has 0 amide bonds. The maximum absolute atomic E-state index is 6.01. The van der Waals surface area contributed by atoms with Crippen LogP contribution < -0.4 is 0 Å². The van der Waals surface area contributed by atoms with E-state index in [9.17, 15) is 0 Å². The van der Waals surface area contributed by atoms with Gasteiger partial charge in [0.2, 0.25) is 0 Å². The number of halogens is 1. The average molecular weight is 274 g/mol. The largest absolute Gasteiger partial charge is 0.258 e. The Morgan fingerprint density at radius 3 is 2.63 bits per heavy atom. The lowest BCUT2D eigenvalue weighted by molar-refractivity contribution is 0.868. The average Bonchev–Trinajstić information content (AvgIpc) is 2.90. The van der Waals surface area contributed by atoms with Crippen LogP contribution in [-0.4, -0.2) is 25.1 Å². The van der Waals surface area contributed by atoms with Gasteiger partial charge < -0.3 is 0 Å². The zero-order valence-electron chi connectivity index (χ0n) is 10.6. The summed E-state index contributed by atoms with van der Waals surface area (Å²) in [6, 6.07) is 1.87. The van der Waals surface area contributed by atoms with E-state index in [0.29, 0.717) is 16.9 Å². The van der Waals surface area contributed by atoms with Crippen LogP contribution >= 0.6 is 11.6 Å². The quantitative estimate of drug-likeness (QED) is 0.728. The van der Waals surface area contributed by atoms with E-state index in [4.69, 9.17) is 11.6 Å². The lowest BCUT2D eigenvalue weighted by atomic mass is 9.98. The van der Waals surface area contributed by atoms with E-state index in [1.807, 2.05) is 12.3 Å². The highest BCUT2D eigenvalue weighted by atomic mass is 35.5. The Hall–Kier alpha value is -2.01. The molecule has 0 aliphatic rings. The standard InChI is InChI=1S/C13H12ClN5/c1-7(2)9-4-16-12(13-17-6-18-19-13)10-5-15-11(14)3-8(9)10/h3-7H,1-2H3,(H,17,18,19). The first-order valence-corrected chi connectivity index (χ1v) is 6.34. The Balaban J connectivity index is 2.35. The van der Waals surface area contributed by atoms with Crippen LogP contribution in [0.4, 0.5) is 0 Å². The van der Waals surface area contributed by atoms with Crippen LogP contribution in [0.2, 0.25) is 5.15 Å². The molecular weight excluding hydrogens is 262 g/mol. The summed E-state index contributed by atoms with van der Waals surface area (Å²) < 4.78 is 0. The first-order chi connectivity index (χ1) is 9.16. The molecule has 5 nitrogen and oxygen atoms in total. The number of nitrogens with zero attached hydrogens (tertiary/aromatic N) is 4. The van der Waals surface area contributed by atoms with Crippen molar-refractivity contribution in [1.29, 1.82) is 0 Å². The van der Waals surface area contributed by atoms with Gasteiger partial charge in [-0.15, -0.1) is 0 Å². The van der Waals surface area contributed by atoms with Gasteiger partial charge in [0.25, 0.3) is 0 Å². The molecule has 0 aromatic carbocycles. The predicted octanol–water partition coefficient (Wildman–Crippen LogP) is 3.19. The molecule has 0 radical (unpaired) electrons. The monoisotopic (exact) mass is 273 g/mol. The number of aromatic amines is 1. The fourth-order valence-corrected chi connectivity index (χ4v) is 2.26. The summed E-state index contributed by atoms with van der Waals surface area (Å²) in [4.78, 5) is 12.8. The number of rotatable bonds is 2. The Morgan fingerprint density at radius 2 is 1.95 bits per heavy atom. The second-order valence-corrected chi connectivity index (χ2v) is 4.99. The highest BCUT2D eigenvalue weighted by Crippen LogP contribution is 2.31. The van der Waals surface area contributed by atoms with Crippen LogP contribution in [-0.2, 0) is 0 Å². The number of hydrogen-bond donors (Lipinski definition) is 1. The van der Waals surface area contributed by atoms with Crippen LogP contribution in [0, 0.1) is 0 Å². The van der Waals surface area contributed by atoms with E-state index in [0.717, 1.165) is 22.0 Å². The number of nitrogens with one attached hydrogen (secondary N) is 1. The van der Waals surface area contributed by atoms with Crippen LogP contribution in [0.25, 0.3) is 22.3 Å². The molecule has 3 aromatic rings. The van der Waals surface area contributed by atoms with E-state index in [1.165, 1.54) is 6.33 Å². The molecule has 6 heteroatoms. The molecule has 0 unspecified atom stereocenters. The van der Waals surface area contributed by atoms with Crippen molar-refractivity contribution >= 4 is 22.4 Å². The van der Waals surface area contributed by atoms with Crippen molar-refractivity contribution in [2.45, 2.75) is 19.8 Å². The van der Waals surface area contributed by atoms with Gasteiger partial charge in [-0.2, -0.15) is 5.10 Å². The molecule has 96 valence electrons. The van der Waals surface area contributed by atoms with Crippen LogP contribution in [0.3, 0.4) is 0 Å². The van der Waals surface area contributed by atoms with E-state index in [-0.39, 0.29) is 0 Å². The molecule has 3 rings (SSSR count). The maximum atomic E-state index is 6.01. The zero-order chi connectivity index (χ0) is 13.4. The fraction of sp³-hybridized carbons (Fsp3) is 0.231. The second-order valence-electron chi connectivity index (χ2n) is 4.60. The van der Waals surface area contributed by atoms with E-state index in [1.54, 1.807) is 6.20 Å². The van der Waals surface area contributed by atoms with Gasteiger partial charge in [0.05, 0.1) is 0 Å². The summed E-state index contributed by atoms with van der Waals surface area (Å²) >= 11 is 6.01. The number of aromatic nitrogens is 5. The predicted molar refractivity (Wildman–Crippen MR) is 74.0 cm³/mol. The smallest absolute Gasteiger partial charge is 0.174 e. The van der Waals surface area contributed by atoms with Crippen molar-refractivity contribution in [3.05, 3.63) is 35.5 Å². The molecule has 0 spiro atoms. The van der Waals surface area contributed by atoms with Gasteiger partial charge in [-0.25, -0.2) is 9.97 Å². The van der Waals surface area contributed by atoms with Crippen LogP contribution in [0.15, 0.2) is 24.8 Å². The first-order valence-electron chi connectivity index (χ1n) is 5.96. The van der Waals surface area contributed by atoms with Crippen molar-refractivity contribution in [3.63, 3.8) is 0 Å². The third-order valence-electron chi connectivity index (χ3n) is 3.03. The molecule has 0 bridgehead atoms.